The maximum atomic E-state index is 10.9. The molecule has 0 aliphatic carbocycles. The Bertz CT molecular complexity index is 376. The van der Waals surface area contributed by atoms with Crippen LogP contribution in [0, 0.1) is 18.3 Å². The molecule has 0 amide bonds. The molecule has 0 aliphatic rings. The molecule has 0 saturated heterocycles. The Morgan fingerprint density at radius 3 is 2.69 bits per heavy atom. The summed E-state index contributed by atoms with van der Waals surface area (Å²) in [6, 6.07) is 10.0. The first-order valence-corrected chi connectivity index (χ1v) is 5.30. The molecule has 0 atom stereocenters. The summed E-state index contributed by atoms with van der Waals surface area (Å²) in [5.74, 6) is -0.439. The fourth-order valence-electron chi connectivity index (χ4n) is 1.33. The second kappa shape index (κ2) is 6.62. The lowest BCUT2D eigenvalue weighted by atomic mass is 10.1. The molecule has 0 unspecified atom stereocenters. The van der Waals surface area contributed by atoms with E-state index in [1.54, 1.807) is 6.07 Å². The zero-order valence-corrected chi connectivity index (χ0v) is 9.40. The Labute approximate surface area is 95.7 Å². The van der Waals surface area contributed by atoms with Gasteiger partial charge in [0.1, 0.15) is 6.42 Å². The number of hydrogen-bond acceptors (Lipinski definition) is 3. The smallest absolute Gasteiger partial charge is 0.320 e. The fourth-order valence-corrected chi connectivity index (χ4v) is 1.33. The molecule has 0 spiro atoms. The lowest BCUT2D eigenvalue weighted by Gasteiger charge is -2.03. The van der Waals surface area contributed by atoms with Gasteiger partial charge in [0.05, 0.1) is 12.7 Å². The van der Waals surface area contributed by atoms with E-state index >= 15 is 0 Å². The van der Waals surface area contributed by atoms with Crippen molar-refractivity contribution >= 4 is 5.97 Å². The minimum absolute atomic E-state index is 0.162. The summed E-state index contributed by atoms with van der Waals surface area (Å²) in [4.78, 5) is 10.9. The molecule has 0 aromatic heterocycles. The van der Waals surface area contributed by atoms with Gasteiger partial charge in [-0.3, -0.25) is 4.79 Å². The molecule has 3 heteroatoms. The van der Waals surface area contributed by atoms with Gasteiger partial charge < -0.3 is 4.74 Å². The van der Waals surface area contributed by atoms with Crippen LogP contribution in [0.25, 0.3) is 0 Å². The molecule has 1 rings (SSSR count). The summed E-state index contributed by atoms with van der Waals surface area (Å²) in [7, 11) is 0. The van der Waals surface area contributed by atoms with Crippen molar-refractivity contribution in [3.05, 3.63) is 35.4 Å². The molecule has 3 nitrogen and oxygen atoms in total. The van der Waals surface area contributed by atoms with Crippen LogP contribution in [0.5, 0.6) is 0 Å². The number of carbonyl (C=O) groups is 1. The first-order valence-electron chi connectivity index (χ1n) is 5.30. The first-order chi connectivity index (χ1) is 7.72. The molecule has 16 heavy (non-hydrogen) atoms. The SMILES string of the molecule is Cc1ccc(CCCOC(=O)CC#N)cc1. The molecule has 1 aromatic rings. The van der Waals surface area contributed by atoms with Crippen LogP contribution in [-0.2, 0) is 16.0 Å². The van der Waals surface area contributed by atoms with Crippen LogP contribution in [0.3, 0.4) is 0 Å². The molecule has 0 radical (unpaired) electrons. The number of rotatable bonds is 5. The van der Waals surface area contributed by atoms with E-state index < -0.39 is 5.97 Å². The number of nitriles is 1. The highest BCUT2D eigenvalue weighted by Crippen LogP contribution is 2.05. The highest BCUT2D eigenvalue weighted by Gasteiger charge is 2.00. The topological polar surface area (TPSA) is 50.1 Å². The highest BCUT2D eigenvalue weighted by atomic mass is 16.5. The Balaban J connectivity index is 2.19. The fraction of sp³-hybridized carbons (Fsp3) is 0.385. The van der Waals surface area contributed by atoms with Gasteiger partial charge >= 0.3 is 5.97 Å². The summed E-state index contributed by atoms with van der Waals surface area (Å²) in [5.41, 5.74) is 2.48. The van der Waals surface area contributed by atoms with Gasteiger partial charge in [-0.05, 0) is 25.3 Å². The van der Waals surface area contributed by atoms with Crippen molar-refractivity contribution in [2.75, 3.05) is 6.61 Å². The van der Waals surface area contributed by atoms with Gasteiger partial charge in [-0.25, -0.2) is 0 Å². The van der Waals surface area contributed by atoms with Gasteiger partial charge in [0.25, 0.3) is 0 Å². The molecule has 0 bridgehead atoms. The summed E-state index contributed by atoms with van der Waals surface area (Å²) < 4.78 is 4.87. The minimum Gasteiger partial charge on any atom is -0.465 e. The van der Waals surface area contributed by atoms with Crippen molar-refractivity contribution in [2.24, 2.45) is 0 Å². The van der Waals surface area contributed by atoms with Gasteiger partial charge in [0.2, 0.25) is 0 Å². The Kier molecular flexibility index (Phi) is 5.07. The van der Waals surface area contributed by atoms with Crippen LogP contribution in [0.15, 0.2) is 24.3 Å². The van der Waals surface area contributed by atoms with Crippen LogP contribution in [0.2, 0.25) is 0 Å². The van der Waals surface area contributed by atoms with Crippen molar-refractivity contribution in [3.8, 4) is 6.07 Å². The Morgan fingerprint density at radius 2 is 2.06 bits per heavy atom. The van der Waals surface area contributed by atoms with Crippen LogP contribution in [0.4, 0.5) is 0 Å². The highest BCUT2D eigenvalue weighted by molar-refractivity contribution is 5.71. The van der Waals surface area contributed by atoms with Crippen molar-refractivity contribution in [2.45, 2.75) is 26.2 Å². The molecule has 0 fully saturated rings. The van der Waals surface area contributed by atoms with Crippen LogP contribution in [0.1, 0.15) is 24.0 Å². The molecule has 84 valence electrons. The van der Waals surface area contributed by atoms with E-state index in [1.165, 1.54) is 11.1 Å². The summed E-state index contributed by atoms with van der Waals surface area (Å²) >= 11 is 0. The largest absolute Gasteiger partial charge is 0.465 e. The number of esters is 1. The van der Waals surface area contributed by atoms with Gasteiger partial charge in [-0.1, -0.05) is 29.8 Å². The summed E-state index contributed by atoms with van der Waals surface area (Å²) in [5, 5.41) is 8.25. The normalized spacial score (nSPS) is 9.50. The predicted molar refractivity (Wildman–Crippen MR) is 60.7 cm³/mol. The third kappa shape index (κ3) is 4.61. The quantitative estimate of drug-likeness (QED) is 0.562. The molecule has 0 aliphatic heterocycles. The standard InChI is InChI=1S/C13H15NO2/c1-11-4-6-12(7-5-11)3-2-10-16-13(15)8-9-14/h4-7H,2-3,8,10H2,1H3. The molecule has 1 aromatic carbocycles. The van der Waals surface area contributed by atoms with Gasteiger partial charge in [0, 0.05) is 0 Å². The minimum atomic E-state index is -0.439. The van der Waals surface area contributed by atoms with E-state index in [4.69, 9.17) is 10.00 Å². The van der Waals surface area contributed by atoms with Crippen molar-refractivity contribution in [1.29, 1.82) is 5.26 Å². The number of benzene rings is 1. The van der Waals surface area contributed by atoms with Crippen LogP contribution >= 0.6 is 0 Å². The number of ether oxygens (including phenoxy) is 1. The molecule has 0 N–H and O–H groups in total. The number of nitrogens with zero attached hydrogens (tertiary/aromatic N) is 1. The average molecular weight is 217 g/mol. The zero-order valence-electron chi connectivity index (χ0n) is 9.40. The number of carbonyl (C=O) groups excluding carboxylic acids is 1. The summed E-state index contributed by atoms with van der Waals surface area (Å²) in [6.07, 6.45) is 1.52. The van der Waals surface area contributed by atoms with E-state index in [-0.39, 0.29) is 6.42 Å². The van der Waals surface area contributed by atoms with Gasteiger partial charge in [0.15, 0.2) is 0 Å². The second-order valence-electron chi connectivity index (χ2n) is 3.64. The van der Waals surface area contributed by atoms with E-state index in [0.717, 1.165) is 12.8 Å². The lowest BCUT2D eigenvalue weighted by molar-refractivity contribution is -0.142. The Hall–Kier alpha value is -1.82. The Morgan fingerprint density at radius 1 is 1.38 bits per heavy atom. The summed E-state index contributed by atoms with van der Waals surface area (Å²) in [6.45, 7) is 2.43. The number of hydrogen-bond donors (Lipinski definition) is 0. The van der Waals surface area contributed by atoms with Gasteiger partial charge in [-0.2, -0.15) is 5.26 Å². The molecular formula is C13H15NO2. The first kappa shape index (κ1) is 12.3. The maximum absolute atomic E-state index is 10.9. The van der Waals surface area contributed by atoms with E-state index in [9.17, 15) is 4.79 Å². The lowest BCUT2D eigenvalue weighted by Crippen LogP contribution is -2.05. The maximum Gasteiger partial charge on any atom is 0.320 e. The molecule has 0 saturated carbocycles. The van der Waals surface area contributed by atoms with Gasteiger partial charge in [-0.15, -0.1) is 0 Å². The van der Waals surface area contributed by atoms with Crippen LogP contribution < -0.4 is 0 Å². The number of aryl methyl sites for hydroxylation is 2. The van der Waals surface area contributed by atoms with E-state index in [0.29, 0.717) is 6.61 Å². The second-order valence-corrected chi connectivity index (χ2v) is 3.64. The molecule has 0 heterocycles. The zero-order chi connectivity index (χ0) is 11.8. The van der Waals surface area contributed by atoms with Crippen molar-refractivity contribution in [3.63, 3.8) is 0 Å². The van der Waals surface area contributed by atoms with Crippen molar-refractivity contribution < 1.29 is 9.53 Å². The third-order valence-corrected chi connectivity index (χ3v) is 2.22. The average Bonchev–Trinajstić information content (AvgIpc) is 2.27. The van der Waals surface area contributed by atoms with E-state index in [1.807, 2.05) is 6.92 Å². The third-order valence-electron chi connectivity index (χ3n) is 2.22. The molecular weight excluding hydrogens is 202 g/mol. The predicted octanol–water partition coefficient (Wildman–Crippen LogP) is 2.38. The van der Waals surface area contributed by atoms with Crippen LogP contribution in [-0.4, -0.2) is 12.6 Å². The van der Waals surface area contributed by atoms with E-state index in [2.05, 4.69) is 24.3 Å². The van der Waals surface area contributed by atoms with Crippen molar-refractivity contribution in [1.82, 2.24) is 0 Å². The monoisotopic (exact) mass is 217 g/mol.